The summed E-state index contributed by atoms with van der Waals surface area (Å²) in [4.78, 5) is 12.1. The van der Waals surface area contributed by atoms with E-state index in [2.05, 4.69) is 21.2 Å². The number of hydrogen-bond donors (Lipinski definition) is 1. The zero-order valence-corrected chi connectivity index (χ0v) is 12.3. The van der Waals surface area contributed by atoms with Gasteiger partial charge in [-0.2, -0.15) is 0 Å². The Hall–Kier alpha value is -0.0900. The first kappa shape index (κ1) is 15.0. The van der Waals surface area contributed by atoms with Crippen molar-refractivity contribution in [1.82, 2.24) is 5.32 Å². The predicted molar refractivity (Wildman–Crippen MR) is 73.4 cm³/mol. The first-order valence-corrected chi connectivity index (χ1v) is 7.75. The summed E-state index contributed by atoms with van der Waals surface area (Å²) in [6.45, 7) is 0.601. The number of hydrogen-bond acceptors (Lipinski definition) is 2. The highest BCUT2D eigenvalue weighted by atomic mass is 79.9. The number of carbonyl (C=O) groups is 1. The minimum absolute atomic E-state index is 0.148. The van der Waals surface area contributed by atoms with Gasteiger partial charge in [-0.1, -0.05) is 41.6 Å². The van der Waals surface area contributed by atoms with E-state index in [4.69, 9.17) is 4.74 Å². The van der Waals surface area contributed by atoms with E-state index in [-0.39, 0.29) is 17.9 Å². The van der Waals surface area contributed by atoms with Crippen molar-refractivity contribution >= 4 is 21.8 Å². The Morgan fingerprint density at radius 3 is 2.53 bits per heavy atom. The van der Waals surface area contributed by atoms with Crippen molar-refractivity contribution in [2.24, 2.45) is 5.92 Å². The van der Waals surface area contributed by atoms with Crippen molar-refractivity contribution in [2.45, 2.75) is 51.0 Å². The van der Waals surface area contributed by atoms with Crippen molar-refractivity contribution in [3.05, 3.63) is 0 Å². The van der Waals surface area contributed by atoms with E-state index >= 15 is 0 Å². The van der Waals surface area contributed by atoms with Gasteiger partial charge in [-0.25, -0.2) is 0 Å². The Morgan fingerprint density at radius 2 is 2.00 bits per heavy atom. The van der Waals surface area contributed by atoms with Crippen LogP contribution in [-0.2, 0) is 9.53 Å². The molecule has 1 atom stereocenters. The summed E-state index contributed by atoms with van der Waals surface area (Å²) in [6, 6.07) is 0.148. The summed E-state index contributed by atoms with van der Waals surface area (Å²) in [5.74, 6) is 0.460. The third-order valence-electron chi connectivity index (χ3n) is 3.40. The van der Waals surface area contributed by atoms with Crippen molar-refractivity contribution in [3.8, 4) is 0 Å². The minimum Gasteiger partial charge on any atom is -0.383 e. The molecule has 0 radical (unpaired) electrons. The molecule has 1 aliphatic rings. The minimum atomic E-state index is 0.148. The highest BCUT2D eigenvalue weighted by molar-refractivity contribution is 9.09. The van der Waals surface area contributed by atoms with E-state index in [9.17, 15) is 4.79 Å². The number of methoxy groups -OCH3 is 1. The molecule has 1 fully saturated rings. The largest absolute Gasteiger partial charge is 0.383 e. The first-order valence-electron chi connectivity index (χ1n) is 6.63. The molecule has 1 N–H and O–H groups in total. The molecule has 0 bridgehead atoms. The van der Waals surface area contributed by atoms with Crippen molar-refractivity contribution in [3.63, 3.8) is 0 Å². The van der Waals surface area contributed by atoms with Gasteiger partial charge in [0.2, 0.25) is 5.91 Å². The molecular formula is C13H24BrNO2. The lowest BCUT2D eigenvalue weighted by Gasteiger charge is -2.21. The van der Waals surface area contributed by atoms with Gasteiger partial charge in [0.15, 0.2) is 0 Å². The normalized spacial score (nSPS) is 19.6. The molecule has 4 heteroatoms. The summed E-state index contributed by atoms with van der Waals surface area (Å²) in [5, 5.41) is 4.02. The number of alkyl halides is 1. The maximum Gasteiger partial charge on any atom is 0.223 e. The van der Waals surface area contributed by atoms with Gasteiger partial charge in [0.1, 0.15) is 0 Å². The Morgan fingerprint density at radius 1 is 1.35 bits per heavy atom. The predicted octanol–water partition coefficient (Wildman–Crippen LogP) is 2.87. The Bertz CT molecular complexity index is 209. The van der Waals surface area contributed by atoms with Crippen molar-refractivity contribution in [2.75, 3.05) is 19.0 Å². The molecule has 0 spiro atoms. The number of amides is 1. The Balaban J connectivity index is 2.38. The van der Waals surface area contributed by atoms with Crippen LogP contribution in [0.1, 0.15) is 44.9 Å². The van der Waals surface area contributed by atoms with Gasteiger partial charge in [0.05, 0.1) is 12.6 Å². The van der Waals surface area contributed by atoms with Crippen LogP contribution >= 0.6 is 15.9 Å². The van der Waals surface area contributed by atoms with Crippen LogP contribution in [0.4, 0.5) is 0 Å². The molecule has 0 aliphatic heterocycles. The average Bonchev–Trinajstić information content (AvgIpc) is 2.58. The van der Waals surface area contributed by atoms with Crippen LogP contribution in [0.25, 0.3) is 0 Å². The lowest BCUT2D eigenvalue weighted by molar-refractivity contribution is -0.126. The van der Waals surface area contributed by atoms with E-state index in [1.54, 1.807) is 7.11 Å². The van der Waals surface area contributed by atoms with Crippen molar-refractivity contribution in [1.29, 1.82) is 0 Å². The second-order valence-electron chi connectivity index (χ2n) is 4.83. The van der Waals surface area contributed by atoms with Crippen LogP contribution in [0, 0.1) is 5.92 Å². The number of rotatable bonds is 6. The van der Waals surface area contributed by atoms with Gasteiger partial charge in [-0.05, 0) is 19.3 Å². The average molecular weight is 306 g/mol. The summed E-state index contributed by atoms with van der Waals surface area (Å²) >= 11 is 3.41. The first-order chi connectivity index (χ1) is 8.27. The van der Waals surface area contributed by atoms with E-state index in [0.29, 0.717) is 6.61 Å². The fourth-order valence-electron chi connectivity index (χ4n) is 2.39. The Kier molecular flexibility index (Phi) is 7.86. The van der Waals surface area contributed by atoms with Gasteiger partial charge in [0, 0.05) is 18.4 Å². The zero-order chi connectivity index (χ0) is 12.5. The van der Waals surface area contributed by atoms with Gasteiger partial charge in [-0.15, -0.1) is 0 Å². The standard InChI is InChI=1S/C13H24BrNO2/c1-17-10-12(8-9-14)15-13(16)11-6-4-2-3-5-7-11/h11-12H,2-10H2,1H3,(H,15,16). The monoisotopic (exact) mass is 305 g/mol. The van der Waals surface area contributed by atoms with Gasteiger partial charge in [-0.3, -0.25) is 4.79 Å². The Labute approximate surface area is 113 Å². The fraction of sp³-hybridized carbons (Fsp3) is 0.923. The lowest BCUT2D eigenvalue weighted by Crippen LogP contribution is -2.41. The molecule has 1 unspecified atom stereocenters. The van der Waals surface area contributed by atoms with Crippen LogP contribution in [0.15, 0.2) is 0 Å². The molecule has 1 aliphatic carbocycles. The highest BCUT2D eigenvalue weighted by Gasteiger charge is 2.22. The van der Waals surface area contributed by atoms with Gasteiger partial charge < -0.3 is 10.1 Å². The third-order valence-corrected chi connectivity index (χ3v) is 3.86. The summed E-state index contributed by atoms with van der Waals surface area (Å²) < 4.78 is 5.13. The van der Waals surface area contributed by atoms with E-state index in [0.717, 1.165) is 24.6 Å². The summed E-state index contributed by atoms with van der Waals surface area (Å²) in [6.07, 6.45) is 8.00. The summed E-state index contributed by atoms with van der Waals surface area (Å²) in [5.41, 5.74) is 0. The quantitative estimate of drug-likeness (QED) is 0.605. The molecule has 1 saturated carbocycles. The molecular weight excluding hydrogens is 282 g/mol. The maximum atomic E-state index is 12.1. The van der Waals surface area contributed by atoms with Crippen LogP contribution < -0.4 is 5.32 Å². The van der Waals surface area contributed by atoms with Crippen molar-refractivity contribution < 1.29 is 9.53 Å². The fourth-order valence-corrected chi connectivity index (χ4v) is 2.94. The molecule has 100 valence electrons. The van der Waals surface area contributed by atoms with Gasteiger partial charge >= 0.3 is 0 Å². The second kappa shape index (κ2) is 8.92. The third kappa shape index (κ3) is 5.87. The zero-order valence-electron chi connectivity index (χ0n) is 10.7. The smallest absolute Gasteiger partial charge is 0.223 e. The van der Waals surface area contributed by atoms with E-state index in [1.807, 2.05) is 0 Å². The molecule has 0 aromatic rings. The highest BCUT2D eigenvalue weighted by Crippen LogP contribution is 2.23. The van der Waals surface area contributed by atoms with E-state index in [1.165, 1.54) is 25.7 Å². The SMILES string of the molecule is COCC(CCBr)NC(=O)C1CCCCCC1. The molecule has 1 rings (SSSR count). The number of ether oxygens (including phenoxy) is 1. The van der Waals surface area contributed by atoms with Gasteiger partial charge in [0.25, 0.3) is 0 Å². The second-order valence-corrected chi connectivity index (χ2v) is 5.62. The van der Waals surface area contributed by atoms with Crippen LogP contribution in [0.2, 0.25) is 0 Å². The molecule has 1 amide bonds. The lowest BCUT2D eigenvalue weighted by atomic mass is 9.99. The molecule has 3 nitrogen and oxygen atoms in total. The molecule has 17 heavy (non-hydrogen) atoms. The number of nitrogens with one attached hydrogen (secondary N) is 1. The summed E-state index contributed by atoms with van der Waals surface area (Å²) in [7, 11) is 1.68. The van der Waals surface area contributed by atoms with Crippen LogP contribution in [0.5, 0.6) is 0 Å². The van der Waals surface area contributed by atoms with Crippen LogP contribution in [0.3, 0.4) is 0 Å². The number of halogens is 1. The molecule has 0 heterocycles. The van der Waals surface area contributed by atoms with E-state index < -0.39 is 0 Å². The maximum absolute atomic E-state index is 12.1. The molecule has 0 aromatic carbocycles. The molecule has 0 saturated heterocycles. The van der Waals surface area contributed by atoms with Crippen LogP contribution in [-0.4, -0.2) is 31.0 Å². The topological polar surface area (TPSA) is 38.3 Å². The molecule has 0 aromatic heterocycles. The number of carbonyl (C=O) groups excluding carboxylic acids is 1.